The zero-order valence-electron chi connectivity index (χ0n) is 18.0. The van der Waals surface area contributed by atoms with E-state index in [4.69, 9.17) is 0 Å². The van der Waals surface area contributed by atoms with Crippen LogP contribution in [-0.4, -0.2) is 70.7 Å². The molecule has 1 aromatic carbocycles. The number of phenolic OH excluding ortho intramolecular Hbond substituents is 1. The van der Waals surface area contributed by atoms with E-state index in [0.717, 1.165) is 6.07 Å². The van der Waals surface area contributed by atoms with E-state index < -0.39 is 76.9 Å². The van der Waals surface area contributed by atoms with E-state index in [1.54, 1.807) is 0 Å². The van der Waals surface area contributed by atoms with Gasteiger partial charge in [-0.25, -0.2) is 4.79 Å². The Kier molecular flexibility index (Phi) is 8.37. The van der Waals surface area contributed by atoms with Gasteiger partial charge in [0, 0.05) is 0 Å². The first-order valence-electron chi connectivity index (χ1n) is 9.13. The van der Waals surface area contributed by atoms with Crippen LogP contribution in [0.25, 0.3) is 0 Å². The van der Waals surface area contributed by atoms with Crippen molar-refractivity contribution in [2.75, 3.05) is 0 Å². The molecule has 1 rings (SSSR count). The molecule has 1 aromatic rings. The number of para-hydroxylation sites is 1. The maximum Gasteiger partial charge on any atom is 0.473 e. The molecule has 0 atom stereocenters. The zero-order chi connectivity index (χ0) is 33.3. The van der Waals surface area contributed by atoms with Gasteiger partial charge < -0.3 is 9.84 Å². The minimum absolute atomic E-state index is 0.187. The molecule has 0 bridgehead atoms. The topological polar surface area (TPSA) is 46.5 Å². The Hall–Kier alpha value is -2.98. The Morgan fingerprint density at radius 1 is 0.488 bits per heavy atom. The molecule has 24 heteroatoms. The highest BCUT2D eigenvalue weighted by molar-refractivity contribution is 5.92. The lowest BCUT2D eigenvalue weighted by molar-refractivity contribution is -0.481. The molecular weight excluding hydrogens is 651 g/mol. The van der Waals surface area contributed by atoms with E-state index in [-0.39, 0.29) is 6.07 Å². The van der Waals surface area contributed by atoms with Crippen LogP contribution >= 0.6 is 0 Å². The number of carbonyl (C=O) groups excluding carboxylic acids is 1. The van der Waals surface area contributed by atoms with Gasteiger partial charge in [-0.2, -0.15) is 92.2 Å². The van der Waals surface area contributed by atoms with Crippen LogP contribution in [0.5, 0.6) is 5.75 Å². The number of rotatable bonds is 10. The molecule has 0 unspecified atom stereocenters. The van der Waals surface area contributed by atoms with Crippen molar-refractivity contribution in [3.05, 3.63) is 29.8 Å². The van der Waals surface area contributed by atoms with Crippen LogP contribution < -0.4 is 0 Å². The first-order valence-corrected chi connectivity index (χ1v) is 9.13. The molecule has 0 radical (unpaired) electrons. The van der Waals surface area contributed by atoms with Gasteiger partial charge in [0.1, 0.15) is 11.3 Å². The molecule has 0 spiro atoms. The van der Waals surface area contributed by atoms with Crippen molar-refractivity contribution < 1.29 is 107 Å². The Morgan fingerprint density at radius 2 is 0.780 bits per heavy atom. The third kappa shape index (κ3) is 4.73. The Bertz CT molecular complexity index is 1140. The Labute approximate surface area is 209 Å². The molecular formula is C17H5F21O3. The van der Waals surface area contributed by atoms with Gasteiger partial charge in [0.2, 0.25) is 0 Å². The maximum absolute atomic E-state index is 13.7. The molecule has 0 aliphatic carbocycles. The highest BCUT2D eigenvalue weighted by atomic mass is 19.4. The van der Waals surface area contributed by atoms with Crippen molar-refractivity contribution in [3.63, 3.8) is 0 Å². The van der Waals surface area contributed by atoms with Crippen LogP contribution in [0.3, 0.4) is 0 Å². The van der Waals surface area contributed by atoms with E-state index in [2.05, 4.69) is 4.74 Å². The molecule has 41 heavy (non-hydrogen) atoms. The molecule has 0 saturated carbocycles. The van der Waals surface area contributed by atoms with Gasteiger partial charge in [-0.3, -0.25) is 0 Å². The van der Waals surface area contributed by atoms with E-state index in [0.29, 0.717) is 12.1 Å². The fourth-order valence-corrected chi connectivity index (χ4v) is 2.43. The monoisotopic (exact) mass is 656 g/mol. The second-order valence-electron chi connectivity index (χ2n) is 7.52. The Balaban J connectivity index is 3.71. The van der Waals surface area contributed by atoms with Crippen molar-refractivity contribution in [3.8, 4) is 5.75 Å². The minimum atomic E-state index is -9.31. The summed E-state index contributed by atoms with van der Waals surface area (Å²) in [5, 5.41) is 9.18. The molecule has 0 amide bonds. The summed E-state index contributed by atoms with van der Waals surface area (Å²) in [7, 11) is 0. The summed E-state index contributed by atoms with van der Waals surface area (Å²) in [5.41, 5.74) is -1.66. The number of esters is 1. The molecule has 0 saturated heterocycles. The van der Waals surface area contributed by atoms with Gasteiger partial charge in [0.25, 0.3) is 0 Å². The molecule has 0 heterocycles. The first-order chi connectivity index (χ1) is 17.6. The molecule has 238 valence electrons. The predicted octanol–water partition coefficient (Wildman–Crippen LogP) is 7.79. The number of hydrogen-bond donors (Lipinski definition) is 1. The first kappa shape index (κ1) is 36.0. The van der Waals surface area contributed by atoms with Crippen molar-refractivity contribution in [1.82, 2.24) is 0 Å². The summed E-state index contributed by atoms with van der Waals surface area (Å²) >= 11 is 0. The molecule has 0 aliphatic heterocycles. The van der Waals surface area contributed by atoms with Crippen LogP contribution in [0.2, 0.25) is 0 Å². The number of aromatic hydroxyl groups is 1. The van der Waals surface area contributed by atoms with E-state index in [9.17, 15) is 102 Å². The second kappa shape index (κ2) is 9.52. The van der Waals surface area contributed by atoms with Gasteiger partial charge in [-0.15, -0.1) is 0 Å². The van der Waals surface area contributed by atoms with Crippen LogP contribution in [0.15, 0.2) is 24.3 Å². The Morgan fingerprint density at radius 3 is 1.10 bits per heavy atom. The number of halogens is 21. The minimum Gasteiger partial charge on any atom is -0.507 e. The zero-order valence-corrected chi connectivity index (χ0v) is 18.0. The van der Waals surface area contributed by atoms with Crippen LogP contribution in [0, 0.1) is 0 Å². The third-order valence-electron chi connectivity index (χ3n) is 4.83. The van der Waals surface area contributed by atoms with E-state index in [1.165, 1.54) is 0 Å². The molecule has 3 nitrogen and oxygen atoms in total. The number of ether oxygens (including phenoxy) is 1. The average Bonchev–Trinajstić information content (AvgIpc) is 2.77. The molecule has 0 fully saturated rings. The lowest BCUT2D eigenvalue weighted by Gasteiger charge is -2.44. The predicted molar refractivity (Wildman–Crippen MR) is 84.1 cm³/mol. The third-order valence-corrected chi connectivity index (χ3v) is 4.83. The van der Waals surface area contributed by atoms with Crippen molar-refractivity contribution in [2.45, 2.75) is 59.7 Å². The van der Waals surface area contributed by atoms with Gasteiger partial charge in [0.15, 0.2) is 0 Å². The summed E-state index contributed by atoms with van der Waals surface area (Å²) < 4.78 is 281. The number of benzene rings is 1. The largest absolute Gasteiger partial charge is 0.507 e. The van der Waals surface area contributed by atoms with Crippen molar-refractivity contribution in [1.29, 1.82) is 0 Å². The fraction of sp³-hybridized carbons (Fsp3) is 0.588. The lowest BCUT2D eigenvalue weighted by atomic mass is 9.87. The van der Waals surface area contributed by atoms with Crippen LogP contribution in [0.1, 0.15) is 10.4 Å². The highest BCUT2D eigenvalue weighted by Gasteiger charge is 2.98. The average molecular weight is 656 g/mol. The summed E-state index contributed by atoms with van der Waals surface area (Å²) in [6.45, 7) is 0. The van der Waals surface area contributed by atoms with Gasteiger partial charge >= 0.3 is 65.6 Å². The molecule has 1 N–H and O–H groups in total. The summed E-state index contributed by atoms with van der Waals surface area (Å²) in [4.78, 5) is 11.4. The van der Waals surface area contributed by atoms with Gasteiger partial charge in [-0.05, 0) is 12.1 Å². The number of alkyl halides is 21. The fourth-order valence-electron chi connectivity index (χ4n) is 2.43. The quantitative estimate of drug-likeness (QED) is 0.207. The number of phenols is 1. The van der Waals surface area contributed by atoms with Crippen LogP contribution in [0.4, 0.5) is 92.2 Å². The van der Waals surface area contributed by atoms with Crippen molar-refractivity contribution in [2.24, 2.45) is 0 Å². The van der Waals surface area contributed by atoms with E-state index in [1.807, 2.05) is 0 Å². The van der Waals surface area contributed by atoms with E-state index >= 15 is 0 Å². The molecule has 0 aliphatic rings. The molecule has 0 aromatic heterocycles. The summed E-state index contributed by atoms with van der Waals surface area (Å²) in [6, 6.07) is 1.96. The van der Waals surface area contributed by atoms with Gasteiger partial charge in [0.05, 0.1) is 0 Å². The normalized spacial score (nSPS) is 15.6. The lowest BCUT2D eigenvalue weighted by Crippen LogP contribution is -2.77. The number of hydrogen-bond acceptors (Lipinski definition) is 3. The standard InChI is InChI=1S/C17H5F21O3/c18-8(19,10(22,23)12(26,27)14(30,31)16(34,35)36)9(20,21)11(24,25)13(28,29)15(32,33)17(37,38)41-7(40)5-3-1-2-4-6(5)39/h1-4,39H. The van der Waals surface area contributed by atoms with Crippen molar-refractivity contribution >= 4 is 5.97 Å². The number of carbonyl (C=O) groups is 1. The summed E-state index contributed by atoms with van der Waals surface area (Å²) in [5.74, 6) is -76.3. The maximum atomic E-state index is 13.7. The smallest absolute Gasteiger partial charge is 0.473 e. The van der Waals surface area contributed by atoms with Gasteiger partial charge in [-0.1, -0.05) is 12.1 Å². The summed E-state index contributed by atoms with van der Waals surface area (Å²) in [6.07, 6.45) is -15.6. The SMILES string of the molecule is O=C(OC(F)(F)C(F)(F)C(F)(F)C(F)(F)C(F)(F)C(F)(F)C(F)(F)C(F)(F)C(F)(F)C(F)(F)F)c1ccccc1O. The van der Waals surface area contributed by atoms with Crippen LogP contribution in [-0.2, 0) is 4.74 Å². The second-order valence-corrected chi connectivity index (χ2v) is 7.52. The highest BCUT2D eigenvalue weighted by Crippen LogP contribution is 2.66.